The van der Waals surface area contributed by atoms with Crippen molar-refractivity contribution in [3.63, 3.8) is 0 Å². The number of carbonyl (C=O) groups is 1. The summed E-state index contributed by atoms with van der Waals surface area (Å²) in [5, 5.41) is 7.64. The highest BCUT2D eigenvalue weighted by atomic mass is 35.5. The summed E-state index contributed by atoms with van der Waals surface area (Å²) < 4.78 is 28.4. The van der Waals surface area contributed by atoms with E-state index in [2.05, 4.69) is 0 Å². The normalized spacial score (nSPS) is 14.3. The molecule has 1 aromatic carbocycles. The van der Waals surface area contributed by atoms with E-state index < -0.39 is 34.0 Å². The van der Waals surface area contributed by atoms with Gasteiger partial charge in [-0.25, -0.2) is 23.8 Å². The van der Waals surface area contributed by atoms with Gasteiger partial charge in [0.15, 0.2) is 11.6 Å². The Morgan fingerprint density at radius 3 is 2.55 bits per heavy atom. The van der Waals surface area contributed by atoms with Gasteiger partial charge in [-0.2, -0.15) is 4.68 Å². The molecule has 0 atom stereocenters. The molecule has 116 valence electrons. The van der Waals surface area contributed by atoms with Crippen molar-refractivity contribution in [1.82, 2.24) is 9.24 Å². The number of rotatable bonds is 2. The Morgan fingerprint density at radius 1 is 1.36 bits per heavy atom. The molecule has 1 saturated carbocycles. The average Bonchev–Trinajstić information content (AvgIpc) is 3.27. The lowest BCUT2D eigenvalue weighted by Crippen LogP contribution is -2.46. The van der Waals surface area contributed by atoms with E-state index in [1.54, 1.807) is 5.43 Å². The maximum atomic E-state index is 13.7. The number of fused-ring (bicyclic) bond motifs is 1. The smallest absolute Gasteiger partial charge is 0.424 e. The van der Waals surface area contributed by atoms with Crippen LogP contribution in [0.5, 0.6) is 0 Å². The Balaban J connectivity index is 2.52. The number of nitrogens with one attached hydrogen (secondary N) is 1. The summed E-state index contributed by atoms with van der Waals surface area (Å²) in [5.41, 5.74) is -0.726. The lowest BCUT2D eigenvalue weighted by Gasteiger charge is -2.14. The van der Waals surface area contributed by atoms with E-state index in [9.17, 15) is 23.2 Å². The van der Waals surface area contributed by atoms with Crippen LogP contribution in [0.1, 0.15) is 18.9 Å². The second-order valence-corrected chi connectivity index (χ2v) is 5.20. The van der Waals surface area contributed by atoms with Crippen LogP contribution in [0.25, 0.3) is 10.9 Å². The highest BCUT2D eigenvalue weighted by Gasteiger charge is 2.31. The van der Waals surface area contributed by atoms with Crippen molar-refractivity contribution >= 4 is 28.6 Å². The third-order valence-corrected chi connectivity index (χ3v) is 3.67. The van der Waals surface area contributed by atoms with Crippen LogP contribution in [-0.4, -0.2) is 20.4 Å². The highest BCUT2D eigenvalue weighted by molar-refractivity contribution is 6.35. The first kappa shape index (κ1) is 14.5. The Kier molecular flexibility index (Phi) is 3.17. The number of carboxylic acid groups (broad SMARTS) is 1. The zero-order valence-corrected chi connectivity index (χ0v) is 11.5. The summed E-state index contributed by atoms with van der Waals surface area (Å²) in [6, 6.07) is 0.247. The third kappa shape index (κ3) is 2.05. The first-order valence-corrected chi connectivity index (χ1v) is 6.55. The van der Waals surface area contributed by atoms with Gasteiger partial charge >= 0.3 is 11.8 Å². The SMILES string of the molecule is O=C(O)Nn1c(=O)c2cc(F)c(F)c(Cl)c2n(C2CC2)c1=O. The van der Waals surface area contributed by atoms with Crippen molar-refractivity contribution in [2.75, 3.05) is 5.43 Å². The molecule has 0 saturated heterocycles. The fraction of sp³-hybridized carbons (Fsp3) is 0.250. The monoisotopic (exact) mass is 331 g/mol. The highest BCUT2D eigenvalue weighted by Crippen LogP contribution is 2.37. The fourth-order valence-electron chi connectivity index (χ4n) is 2.26. The van der Waals surface area contributed by atoms with Crippen molar-refractivity contribution in [1.29, 1.82) is 0 Å². The molecule has 0 spiro atoms. The van der Waals surface area contributed by atoms with Crippen molar-refractivity contribution < 1.29 is 18.7 Å². The average molecular weight is 332 g/mol. The number of aromatic nitrogens is 2. The molecule has 1 aromatic heterocycles. The summed E-state index contributed by atoms with van der Waals surface area (Å²) in [4.78, 5) is 35.2. The van der Waals surface area contributed by atoms with Gasteiger partial charge in [0, 0.05) is 6.04 Å². The van der Waals surface area contributed by atoms with Crippen LogP contribution in [0, 0.1) is 11.6 Å². The van der Waals surface area contributed by atoms with Crippen LogP contribution in [0.3, 0.4) is 0 Å². The summed E-state index contributed by atoms with van der Waals surface area (Å²) in [5.74, 6) is -2.73. The van der Waals surface area contributed by atoms with Crippen LogP contribution in [-0.2, 0) is 0 Å². The van der Waals surface area contributed by atoms with Gasteiger partial charge in [-0.1, -0.05) is 11.6 Å². The lowest BCUT2D eigenvalue weighted by atomic mass is 10.2. The van der Waals surface area contributed by atoms with Crippen molar-refractivity contribution in [3.8, 4) is 0 Å². The van der Waals surface area contributed by atoms with Crippen LogP contribution >= 0.6 is 11.6 Å². The van der Waals surface area contributed by atoms with Gasteiger partial charge in [0.1, 0.15) is 5.02 Å². The van der Waals surface area contributed by atoms with E-state index in [1.807, 2.05) is 0 Å². The van der Waals surface area contributed by atoms with E-state index in [-0.39, 0.29) is 21.6 Å². The first-order valence-electron chi connectivity index (χ1n) is 6.17. The zero-order chi connectivity index (χ0) is 16.2. The van der Waals surface area contributed by atoms with E-state index >= 15 is 0 Å². The minimum atomic E-state index is -1.64. The number of halogens is 3. The molecule has 2 N–H and O–H groups in total. The molecule has 0 aliphatic heterocycles. The molecular weight excluding hydrogens is 324 g/mol. The molecule has 1 amide bonds. The van der Waals surface area contributed by atoms with Crippen LogP contribution in [0.15, 0.2) is 15.7 Å². The quantitative estimate of drug-likeness (QED) is 0.818. The molecule has 0 radical (unpaired) electrons. The van der Waals surface area contributed by atoms with Gasteiger partial charge in [-0.15, -0.1) is 0 Å². The van der Waals surface area contributed by atoms with E-state index in [1.165, 1.54) is 0 Å². The lowest BCUT2D eigenvalue weighted by molar-refractivity contribution is 0.205. The molecule has 0 unspecified atom stereocenters. The third-order valence-electron chi connectivity index (χ3n) is 3.33. The largest absolute Gasteiger partial charge is 0.464 e. The molecule has 0 bridgehead atoms. The number of nitrogens with zero attached hydrogens (tertiary/aromatic N) is 2. The number of benzene rings is 1. The standard InChI is InChI=1S/C12H8ClF2N3O4/c13-7-8(15)6(14)3-5-9(7)17(4-1-2-4)12(22)18(10(5)19)16-11(20)21/h3-4,16H,1-2H2,(H,20,21). The molecule has 10 heteroatoms. The van der Waals surface area contributed by atoms with Crippen LogP contribution < -0.4 is 16.7 Å². The first-order chi connectivity index (χ1) is 10.3. The predicted molar refractivity (Wildman–Crippen MR) is 73.1 cm³/mol. The minimum Gasteiger partial charge on any atom is -0.464 e. The van der Waals surface area contributed by atoms with Crippen molar-refractivity contribution in [2.24, 2.45) is 0 Å². The topological polar surface area (TPSA) is 93.3 Å². The van der Waals surface area contributed by atoms with Gasteiger partial charge in [0.2, 0.25) is 0 Å². The van der Waals surface area contributed by atoms with Gasteiger partial charge < -0.3 is 5.11 Å². The number of hydrogen-bond acceptors (Lipinski definition) is 3. The van der Waals surface area contributed by atoms with E-state index in [0.29, 0.717) is 18.9 Å². The molecule has 7 nitrogen and oxygen atoms in total. The summed E-state index contributed by atoms with van der Waals surface area (Å²) >= 11 is 5.75. The Bertz CT molecular complexity index is 933. The number of hydrogen-bond donors (Lipinski definition) is 2. The maximum absolute atomic E-state index is 13.7. The van der Waals surface area contributed by atoms with Gasteiger partial charge in [-0.3, -0.25) is 9.36 Å². The molecule has 1 aliphatic rings. The molecule has 1 fully saturated rings. The Labute approximate surface area is 125 Å². The van der Waals surface area contributed by atoms with E-state index in [4.69, 9.17) is 16.7 Å². The Hall–Kier alpha value is -2.42. The predicted octanol–water partition coefficient (Wildman–Crippen LogP) is 1.65. The van der Waals surface area contributed by atoms with Gasteiger partial charge in [-0.05, 0) is 18.9 Å². The summed E-state index contributed by atoms with van der Waals surface area (Å²) in [6.45, 7) is 0. The molecule has 3 rings (SSSR count). The fourth-order valence-corrected chi connectivity index (χ4v) is 2.54. The molecule has 1 heterocycles. The molecule has 22 heavy (non-hydrogen) atoms. The summed E-state index contributed by atoms with van der Waals surface area (Å²) in [6.07, 6.45) is -0.486. The molecule has 2 aromatic rings. The van der Waals surface area contributed by atoms with Crippen LogP contribution in [0.2, 0.25) is 5.02 Å². The second kappa shape index (κ2) is 4.80. The summed E-state index contributed by atoms with van der Waals surface area (Å²) in [7, 11) is 0. The maximum Gasteiger partial charge on any atom is 0.424 e. The Morgan fingerprint density at radius 2 is 2.00 bits per heavy atom. The van der Waals surface area contributed by atoms with E-state index in [0.717, 1.165) is 4.57 Å². The molecular formula is C12H8ClF2N3O4. The minimum absolute atomic E-state index is 0.233. The van der Waals surface area contributed by atoms with Crippen molar-refractivity contribution in [3.05, 3.63) is 43.6 Å². The molecule has 1 aliphatic carbocycles. The van der Waals surface area contributed by atoms with Crippen LogP contribution in [0.4, 0.5) is 13.6 Å². The van der Waals surface area contributed by atoms with Crippen molar-refractivity contribution in [2.45, 2.75) is 18.9 Å². The van der Waals surface area contributed by atoms with Gasteiger partial charge in [0.25, 0.3) is 5.56 Å². The van der Waals surface area contributed by atoms with Gasteiger partial charge in [0.05, 0.1) is 10.9 Å². The zero-order valence-electron chi connectivity index (χ0n) is 10.8. The second-order valence-electron chi connectivity index (χ2n) is 4.82. The number of amides is 1.